The number of hydrazine groups is 1. The second kappa shape index (κ2) is 9.82. The molecule has 2 aromatic carbocycles. The summed E-state index contributed by atoms with van der Waals surface area (Å²) in [4.78, 5) is 24.0. The number of aryl methyl sites for hydroxylation is 2. The van der Waals surface area contributed by atoms with Gasteiger partial charge in [-0.05, 0) is 77.4 Å². The number of hydrogen-bond acceptors (Lipinski definition) is 4. The van der Waals surface area contributed by atoms with Crippen LogP contribution in [0, 0.1) is 13.8 Å². The van der Waals surface area contributed by atoms with E-state index in [-0.39, 0.29) is 17.6 Å². The summed E-state index contributed by atoms with van der Waals surface area (Å²) >= 11 is 11.7. The highest BCUT2D eigenvalue weighted by Gasteiger charge is 2.10. The molecule has 0 saturated heterocycles. The zero-order chi connectivity index (χ0) is 20.0. The van der Waals surface area contributed by atoms with Gasteiger partial charge in [0, 0.05) is 10.0 Å². The number of halogens is 2. The van der Waals surface area contributed by atoms with Gasteiger partial charge in [0.2, 0.25) is 0 Å². The van der Waals surface area contributed by atoms with Gasteiger partial charge in [-0.15, -0.1) is 0 Å². The number of benzene rings is 2. The summed E-state index contributed by atoms with van der Waals surface area (Å²) in [5.74, 6) is -0.285. The van der Waals surface area contributed by atoms with Gasteiger partial charge in [-0.3, -0.25) is 25.8 Å². The molecule has 0 radical (unpaired) electrons. The van der Waals surface area contributed by atoms with Gasteiger partial charge < -0.3 is 4.74 Å². The van der Waals surface area contributed by atoms with Crippen molar-refractivity contribution < 1.29 is 14.3 Å². The fraction of sp³-hybridized carbons (Fsp3) is 0.167. The van der Waals surface area contributed by atoms with E-state index in [9.17, 15) is 9.59 Å². The Morgan fingerprint density at radius 1 is 1.04 bits per heavy atom. The van der Waals surface area contributed by atoms with Gasteiger partial charge >= 0.3 is 0 Å². The lowest BCUT2D eigenvalue weighted by molar-refractivity contribution is -0.121. The molecule has 0 fully saturated rings. The number of carbonyl (C=O) groups is 2. The van der Waals surface area contributed by atoms with Crippen molar-refractivity contribution in [1.29, 1.82) is 0 Å². The molecule has 0 bridgehead atoms. The van der Waals surface area contributed by atoms with Gasteiger partial charge in [0.15, 0.2) is 11.7 Å². The number of thiocarbonyl (C=S) groups is 1. The highest BCUT2D eigenvalue weighted by Crippen LogP contribution is 2.25. The van der Waals surface area contributed by atoms with Crippen LogP contribution in [0.3, 0.4) is 0 Å². The Kier molecular flexibility index (Phi) is 7.76. The Labute approximate surface area is 179 Å². The first kappa shape index (κ1) is 21.3. The SMILES string of the molecule is Cc1ccc(OCC(=O)NC(=S)NNC(=O)c2ccc(C)c(Br)c2)c(Br)c1. The van der Waals surface area contributed by atoms with Crippen LogP contribution >= 0.6 is 44.1 Å². The van der Waals surface area contributed by atoms with Crippen LogP contribution in [0.15, 0.2) is 45.3 Å². The Hall–Kier alpha value is -1.97. The van der Waals surface area contributed by atoms with E-state index >= 15 is 0 Å². The average molecular weight is 515 g/mol. The summed E-state index contributed by atoms with van der Waals surface area (Å²) in [5.41, 5.74) is 7.44. The van der Waals surface area contributed by atoms with E-state index < -0.39 is 5.91 Å². The lowest BCUT2D eigenvalue weighted by Crippen LogP contribution is -2.49. The van der Waals surface area contributed by atoms with Crippen molar-refractivity contribution in [2.45, 2.75) is 13.8 Å². The van der Waals surface area contributed by atoms with Crippen LogP contribution in [-0.2, 0) is 4.79 Å². The second-order valence-electron chi connectivity index (χ2n) is 5.64. The van der Waals surface area contributed by atoms with Gasteiger partial charge in [-0.25, -0.2) is 0 Å². The van der Waals surface area contributed by atoms with E-state index in [0.29, 0.717) is 11.3 Å². The molecule has 0 aliphatic heterocycles. The Bertz CT molecular complexity index is 890. The second-order valence-corrected chi connectivity index (χ2v) is 7.76. The molecule has 2 aromatic rings. The van der Waals surface area contributed by atoms with E-state index in [4.69, 9.17) is 17.0 Å². The largest absolute Gasteiger partial charge is 0.483 e. The van der Waals surface area contributed by atoms with Crippen molar-refractivity contribution in [1.82, 2.24) is 16.2 Å². The molecule has 2 amide bonds. The number of nitrogens with one attached hydrogen (secondary N) is 3. The van der Waals surface area contributed by atoms with Crippen LogP contribution in [0.4, 0.5) is 0 Å². The van der Waals surface area contributed by atoms with Gasteiger partial charge in [-0.2, -0.15) is 0 Å². The van der Waals surface area contributed by atoms with Gasteiger partial charge in [0.25, 0.3) is 11.8 Å². The molecule has 6 nitrogen and oxygen atoms in total. The molecule has 0 aromatic heterocycles. The lowest BCUT2D eigenvalue weighted by atomic mass is 10.1. The van der Waals surface area contributed by atoms with Crippen LogP contribution in [0.2, 0.25) is 0 Å². The minimum Gasteiger partial charge on any atom is -0.483 e. The van der Waals surface area contributed by atoms with Crippen molar-refractivity contribution in [2.24, 2.45) is 0 Å². The van der Waals surface area contributed by atoms with Gasteiger partial charge in [0.05, 0.1) is 4.47 Å². The Morgan fingerprint density at radius 2 is 1.78 bits per heavy atom. The standard InChI is InChI=1S/C18H17Br2N3O3S/c1-10-3-6-15(14(20)7-10)26-9-16(24)21-18(27)23-22-17(25)12-5-4-11(2)13(19)8-12/h3-8H,9H2,1-2H3,(H,22,25)(H2,21,23,24,27). The molecule has 3 N–H and O–H groups in total. The third-order valence-corrected chi connectivity index (χ3v) is 5.10. The number of rotatable bonds is 4. The minimum absolute atomic E-state index is 0.0360. The maximum atomic E-state index is 12.1. The van der Waals surface area contributed by atoms with Gasteiger partial charge in [0.1, 0.15) is 5.75 Å². The van der Waals surface area contributed by atoms with E-state index in [1.54, 1.807) is 18.2 Å². The number of hydrogen-bond donors (Lipinski definition) is 3. The molecule has 9 heteroatoms. The third kappa shape index (κ3) is 6.60. The maximum absolute atomic E-state index is 12.1. The molecule has 27 heavy (non-hydrogen) atoms. The monoisotopic (exact) mass is 513 g/mol. The molecule has 2 rings (SSSR count). The Morgan fingerprint density at radius 3 is 2.44 bits per heavy atom. The first-order valence-corrected chi connectivity index (χ1v) is 9.81. The molecule has 0 atom stereocenters. The summed E-state index contributed by atoms with van der Waals surface area (Å²) in [5, 5.41) is 2.39. The van der Waals surface area contributed by atoms with Crippen LogP contribution in [0.5, 0.6) is 5.75 Å². The number of amides is 2. The van der Waals surface area contributed by atoms with Crippen molar-refractivity contribution in [2.75, 3.05) is 6.61 Å². The third-order valence-electron chi connectivity index (χ3n) is 3.42. The quantitative estimate of drug-likeness (QED) is 0.429. The first-order chi connectivity index (χ1) is 12.8. The summed E-state index contributed by atoms with van der Waals surface area (Å²) in [6.45, 7) is 3.66. The summed E-state index contributed by atoms with van der Waals surface area (Å²) in [7, 11) is 0. The van der Waals surface area contributed by atoms with Crippen molar-refractivity contribution in [3.8, 4) is 5.75 Å². The topological polar surface area (TPSA) is 79.5 Å². The summed E-state index contributed by atoms with van der Waals surface area (Å²) < 4.78 is 7.02. The maximum Gasteiger partial charge on any atom is 0.269 e. The number of carbonyl (C=O) groups excluding carboxylic acids is 2. The predicted molar refractivity (Wildman–Crippen MR) is 115 cm³/mol. The average Bonchev–Trinajstić information content (AvgIpc) is 2.61. The van der Waals surface area contributed by atoms with Crippen molar-refractivity contribution in [3.05, 3.63) is 62.0 Å². The summed E-state index contributed by atoms with van der Waals surface area (Å²) in [6, 6.07) is 10.7. The van der Waals surface area contributed by atoms with Gasteiger partial charge in [-0.1, -0.05) is 28.1 Å². The molecular formula is C18H17Br2N3O3S. The highest BCUT2D eigenvalue weighted by atomic mass is 79.9. The molecular weight excluding hydrogens is 498 g/mol. The molecule has 0 spiro atoms. The van der Waals surface area contributed by atoms with Crippen LogP contribution < -0.4 is 20.9 Å². The van der Waals surface area contributed by atoms with Crippen LogP contribution in [0.25, 0.3) is 0 Å². The highest BCUT2D eigenvalue weighted by molar-refractivity contribution is 9.10. The zero-order valence-electron chi connectivity index (χ0n) is 14.6. The molecule has 0 unspecified atom stereocenters. The van der Waals surface area contributed by atoms with E-state index in [1.165, 1.54) is 0 Å². The summed E-state index contributed by atoms with van der Waals surface area (Å²) in [6.07, 6.45) is 0. The fourth-order valence-electron chi connectivity index (χ4n) is 1.98. The van der Waals surface area contributed by atoms with Crippen molar-refractivity contribution in [3.63, 3.8) is 0 Å². The Balaban J connectivity index is 1.78. The van der Waals surface area contributed by atoms with Crippen LogP contribution in [0.1, 0.15) is 21.5 Å². The molecule has 0 saturated carbocycles. The first-order valence-electron chi connectivity index (χ1n) is 7.81. The van der Waals surface area contributed by atoms with Crippen molar-refractivity contribution >= 4 is 61.0 Å². The molecule has 0 aliphatic carbocycles. The number of ether oxygens (including phenoxy) is 1. The van der Waals surface area contributed by atoms with E-state index in [2.05, 4.69) is 48.0 Å². The molecule has 142 valence electrons. The molecule has 0 heterocycles. The molecule has 0 aliphatic rings. The van der Waals surface area contributed by atoms with Crippen LogP contribution in [-0.4, -0.2) is 23.5 Å². The van der Waals surface area contributed by atoms with E-state index in [0.717, 1.165) is 20.1 Å². The lowest BCUT2D eigenvalue weighted by Gasteiger charge is -2.12. The van der Waals surface area contributed by atoms with E-state index in [1.807, 2.05) is 32.0 Å². The fourth-order valence-corrected chi connectivity index (χ4v) is 3.13. The predicted octanol–water partition coefficient (Wildman–Crippen LogP) is 3.54. The zero-order valence-corrected chi connectivity index (χ0v) is 18.5. The normalized spacial score (nSPS) is 10.1. The minimum atomic E-state index is -0.452. The smallest absolute Gasteiger partial charge is 0.269 e.